The molecule has 0 aliphatic rings. The molecular formula is C11H12ClN5O. The first-order valence-electron chi connectivity index (χ1n) is 5.25. The van der Waals surface area contributed by atoms with Gasteiger partial charge in [0.2, 0.25) is 0 Å². The Morgan fingerprint density at radius 1 is 1.61 bits per heavy atom. The van der Waals surface area contributed by atoms with Gasteiger partial charge in [-0.25, -0.2) is 4.68 Å². The van der Waals surface area contributed by atoms with Crippen LogP contribution in [0.2, 0.25) is 5.02 Å². The summed E-state index contributed by atoms with van der Waals surface area (Å²) in [6.45, 7) is 3.87. The molecule has 0 aliphatic carbocycles. The molecule has 2 rings (SSSR count). The zero-order valence-corrected chi connectivity index (χ0v) is 10.6. The van der Waals surface area contributed by atoms with Crippen LogP contribution < -0.4 is 10.9 Å². The summed E-state index contributed by atoms with van der Waals surface area (Å²) < 4.78 is 2.88. The van der Waals surface area contributed by atoms with Crippen LogP contribution in [0.4, 0.5) is 11.5 Å². The minimum Gasteiger partial charge on any atom is -0.336 e. The highest BCUT2D eigenvalue weighted by Gasteiger charge is 2.09. The lowest BCUT2D eigenvalue weighted by atomic mass is 10.4. The van der Waals surface area contributed by atoms with Crippen LogP contribution in [0.15, 0.2) is 35.9 Å². The molecule has 0 unspecified atom stereocenters. The Hall–Kier alpha value is -2.08. The van der Waals surface area contributed by atoms with Gasteiger partial charge in [0.05, 0.1) is 18.4 Å². The second kappa shape index (κ2) is 5.05. The minimum absolute atomic E-state index is 0.0810. The van der Waals surface area contributed by atoms with E-state index in [-0.39, 0.29) is 10.6 Å². The summed E-state index contributed by atoms with van der Waals surface area (Å²) in [6.07, 6.45) is 4.85. The highest BCUT2D eigenvalue weighted by molar-refractivity contribution is 6.33. The molecule has 0 bridgehead atoms. The summed E-state index contributed by atoms with van der Waals surface area (Å²) in [7, 11) is 1.80. The van der Waals surface area contributed by atoms with E-state index in [1.807, 2.05) is 0 Å². The van der Waals surface area contributed by atoms with Gasteiger partial charge in [-0.2, -0.15) is 10.2 Å². The molecule has 0 fully saturated rings. The molecule has 2 aromatic rings. The lowest BCUT2D eigenvalue weighted by Crippen LogP contribution is -2.23. The van der Waals surface area contributed by atoms with Gasteiger partial charge in [-0.3, -0.25) is 9.48 Å². The van der Waals surface area contributed by atoms with E-state index >= 15 is 0 Å². The molecule has 94 valence electrons. The van der Waals surface area contributed by atoms with Crippen molar-refractivity contribution in [1.82, 2.24) is 19.6 Å². The van der Waals surface area contributed by atoms with E-state index in [9.17, 15) is 4.79 Å². The molecule has 7 heteroatoms. The van der Waals surface area contributed by atoms with Crippen molar-refractivity contribution in [2.75, 3.05) is 5.32 Å². The van der Waals surface area contributed by atoms with Crippen LogP contribution in [-0.4, -0.2) is 19.6 Å². The van der Waals surface area contributed by atoms with E-state index in [0.29, 0.717) is 18.1 Å². The molecule has 6 nitrogen and oxygen atoms in total. The van der Waals surface area contributed by atoms with Crippen molar-refractivity contribution in [1.29, 1.82) is 0 Å². The number of rotatable bonds is 4. The van der Waals surface area contributed by atoms with Gasteiger partial charge in [0.15, 0.2) is 5.82 Å². The zero-order chi connectivity index (χ0) is 13.1. The number of nitrogens with zero attached hydrogens (tertiary/aromatic N) is 4. The fourth-order valence-electron chi connectivity index (χ4n) is 1.42. The molecular weight excluding hydrogens is 254 g/mol. The van der Waals surface area contributed by atoms with E-state index in [1.54, 1.807) is 30.1 Å². The molecule has 0 amide bonds. The first kappa shape index (κ1) is 12.4. The summed E-state index contributed by atoms with van der Waals surface area (Å²) in [5, 5.41) is 11.1. The maximum Gasteiger partial charge on any atom is 0.287 e. The van der Waals surface area contributed by atoms with Crippen molar-refractivity contribution in [3.05, 3.63) is 46.5 Å². The summed E-state index contributed by atoms with van der Waals surface area (Å²) in [4.78, 5) is 11.8. The number of halogens is 1. The third kappa shape index (κ3) is 2.43. The van der Waals surface area contributed by atoms with Gasteiger partial charge >= 0.3 is 0 Å². The Labute approximate surface area is 108 Å². The lowest BCUT2D eigenvalue weighted by Gasteiger charge is -2.07. The van der Waals surface area contributed by atoms with Gasteiger partial charge in [-0.15, -0.1) is 6.58 Å². The van der Waals surface area contributed by atoms with Crippen molar-refractivity contribution < 1.29 is 0 Å². The van der Waals surface area contributed by atoms with E-state index < -0.39 is 0 Å². The summed E-state index contributed by atoms with van der Waals surface area (Å²) in [5.41, 5.74) is 0.0678. The molecule has 0 aliphatic heterocycles. The molecule has 0 spiro atoms. The van der Waals surface area contributed by atoms with Crippen molar-refractivity contribution in [3.8, 4) is 0 Å². The minimum atomic E-state index is -0.363. The van der Waals surface area contributed by atoms with Crippen LogP contribution in [0.5, 0.6) is 0 Å². The summed E-state index contributed by atoms with van der Waals surface area (Å²) in [5.74, 6) is 0.599. The van der Waals surface area contributed by atoms with E-state index in [2.05, 4.69) is 22.1 Å². The van der Waals surface area contributed by atoms with Crippen molar-refractivity contribution in [2.24, 2.45) is 7.05 Å². The lowest BCUT2D eigenvalue weighted by molar-refractivity contribution is 0.653. The van der Waals surface area contributed by atoms with E-state index in [0.717, 1.165) is 0 Å². The number of hydrogen-bond donors (Lipinski definition) is 1. The predicted molar refractivity (Wildman–Crippen MR) is 70.2 cm³/mol. The first-order valence-corrected chi connectivity index (χ1v) is 5.63. The largest absolute Gasteiger partial charge is 0.336 e. The van der Waals surface area contributed by atoms with Gasteiger partial charge in [-0.1, -0.05) is 17.7 Å². The summed E-state index contributed by atoms with van der Waals surface area (Å²) in [6, 6.07) is 1.77. The van der Waals surface area contributed by atoms with Crippen molar-refractivity contribution in [3.63, 3.8) is 0 Å². The smallest absolute Gasteiger partial charge is 0.287 e. The Kier molecular flexibility index (Phi) is 3.47. The molecule has 0 saturated heterocycles. The van der Waals surface area contributed by atoms with Gasteiger partial charge in [0, 0.05) is 19.3 Å². The fraction of sp³-hybridized carbons (Fsp3) is 0.182. The maximum atomic E-state index is 11.8. The number of hydrogen-bond acceptors (Lipinski definition) is 4. The van der Waals surface area contributed by atoms with Crippen LogP contribution in [-0.2, 0) is 13.6 Å². The van der Waals surface area contributed by atoms with Crippen LogP contribution in [0.3, 0.4) is 0 Å². The molecule has 0 aromatic carbocycles. The average molecular weight is 266 g/mol. The van der Waals surface area contributed by atoms with Gasteiger partial charge < -0.3 is 5.32 Å². The number of allylic oxidation sites excluding steroid dienone is 1. The van der Waals surface area contributed by atoms with E-state index in [1.165, 1.54) is 10.9 Å². The topological polar surface area (TPSA) is 64.7 Å². The quantitative estimate of drug-likeness (QED) is 0.852. The number of aromatic nitrogens is 4. The SMILES string of the molecule is C=CCn1ncc(Nc2ccn(C)n2)c(Cl)c1=O. The van der Waals surface area contributed by atoms with E-state index in [4.69, 9.17) is 11.6 Å². The molecule has 2 aromatic heterocycles. The third-order valence-electron chi connectivity index (χ3n) is 2.26. The second-order valence-corrected chi connectivity index (χ2v) is 4.03. The third-order valence-corrected chi connectivity index (χ3v) is 2.63. The van der Waals surface area contributed by atoms with Crippen LogP contribution in [0.1, 0.15) is 0 Å². The maximum absolute atomic E-state index is 11.8. The molecule has 0 saturated carbocycles. The molecule has 2 heterocycles. The Morgan fingerprint density at radius 2 is 2.39 bits per heavy atom. The molecule has 0 radical (unpaired) electrons. The average Bonchev–Trinajstić information content (AvgIpc) is 2.75. The predicted octanol–water partition coefficient (Wildman–Crippen LogP) is 1.56. The highest BCUT2D eigenvalue weighted by Crippen LogP contribution is 2.19. The molecule has 18 heavy (non-hydrogen) atoms. The van der Waals surface area contributed by atoms with Gasteiger partial charge in [0.25, 0.3) is 5.56 Å². The van der Waals surface area contributed by atoms with Crippen LogP contribution in [0, 0.1) is 0 Å². The van der Waals surface area contributed by atoms with Crippen molar-refractivity contribution >= 4 is 23.1 Å². The standard InChI is InChI=1S/C11H12ClN5O/c1-3-5-17-11(18)10(12)8(7-13-17)14-9-4-6-16(2)15-9/h3-4,6-7H,1,5H2,2H3,(H,14,15). The number of anilines is 2. The normalized spacial score (nSPS) is 10.3. The highest BCUT2D eigenvalue weighted by atomic mass is 35.5. The first-order chi connectivity index (χ1) is 8.61. The van der Waals surface area contributed by atoms with Gasteiger partial charge in [-0.05, 0) is 0 Å². The molecule has 1 N–H and O–H groups in total. The Bertz CT molecular complexity index is 631. The zero-order valence-electron chi connectivity index (χ0n) is 9.80. The second-order valence-electron chi connectivity index (χ2n) is 3.65. The van der Waals surface area contributed by atoms with Crippen molar-refractivity contribution in [2.45, 2.75) is 6.54 Å². The molecule has 0 atom stereocenters. The monoisotopic (exact) mass is 265 g/mol. The number of nitrogens with one attached hydrogen (secondary N) is 1. The Morgan fingerprint density at radius 3 is 3.00 bits per heavy atom. The van der Waals surface area contributed by atoms with Crippen LogP contribution in [0.25, 0.3) is 0 Å². The van der Waals surface area contributed by atoms with Crippen LogP contribution >= 0.6 is 11.6 Å². The summed E-state index contributed by atoms with van der Waals surface area (Å²) >= 11 is 5.99. The Balaban J connectivity index is 2.32. The van der Waals surface area contributed by atoms with Gasteiger partial charge in [0.1, 0.15) is 5.02 Å². The fourth-order valence-corrected chi connectivity index (χ4v) is 1.62. The number of aryl methyl sites for hydroxylation is 1.